The Morgan fingerprint density at radius 2 is 1.70 bits per heavy atom. The topological polar surface area (TPSA) is 25.2 Å². The summed E-state index contributed by atoms with van der Waals surface area (Å²) in [5, 5.41) is 8.17. The second kappa shape index (κ2) is 4.27. The molecule has 20 heavy (non-hydrogen) atoms. The molecule has 1 N–H and O–H groups in total. The molecule has 0 radical (unpaired) electrons. The maximum Gasteiger partial charge on any atom is 0.158 e. The van der Waals surface area contributed by atoms with Gasteiger partial charge >= 0.3 is 0 Å². The highest BCUT2D eigenvalue weighted by molar-refractivity contribution is 6.12. The van der Waals surface area contributed by atoms with Gasteiger partial charge in [0.2, 0.25) is 0 Å². The Hall–Kier alpha value is -2.48. The SMILES string of the molecule is CCNc1cccc2c1oc1cc3ccccc3cc12. The second-order valence-electron chi connectivity index (χ2n) is 5.01. The van der Waals surface area contributed by atoms with Crippen LogP contribution < -0.4 is 5.32 Å². The van der Waals surface area contributed by atoms with E-state index in [0.717, 1.165) is 23.4 Å². The van der Waals surface area contributed by atoms with Gasteiger partial charge in [0, 0.05) is 17.3 Å². The summed E-state index contributed by atoms with van der Waals surface area (Å²) in [6.45, 7) is 2.98. The summed E-state index contributed by atoms with van der Waals surface area (Å²) in [7, 11) is 0. The summed E-state index contributed by atoms with van der Waals surface area (Å²) in [6, 6.07) is 19.0. The monoisotopic (exact) mass is 261 g/mol. The Balaban J connectivity index is 2.13. The number of hydrogen-bond acceptors (Lipinski definition) is 2. The van der Waals surface area contributed by atoms with E-state index in [4.69, 9.17) is 4.42 Å². The quantitative estimate of drug-likeness (QED) is 0.538. The molecule has 0 saturated heterocycles. The molecule has 0 unspecified atom stereocenters. The van der Waals surface area contributed by atoms with Crippen molar-refractivity contribution in [2.45, 2.75) is 6.92 Å². The van der Waals surface area contributed by atoms with Crippen LogP contribution in [0.25, 0.3) is 32.7 Å². The van der Waals surface area contributed by atoms with Crippen molar-refractivity contribution in [3.05, 3.63) is 54.6 Å². The molecule has 0 atom stereocenters. The van der Waals surface area contributed by atoms with Gasteiger partial charge in [-0.1, -0.05) is 36.4 Å². The fourth-order valence-corrected chi connectivity index (χ4v) is 2.81. The van der Waals surface area contributed by atoms with E-state index in [-0.39, 0.29) is 0 Å². The maximum absolute atomic E-state index is 6.08. The number of furan rings is 1. The molecular weight excluding hydrogens is 246 g/mol. The lowest BCUT2D eigenvalue weighted by Gasteiger charge is -2.02. The van der Waals surface area contributed by atoms with E-state index in [0.29, 0.717) is 0 Å². The number of para-hydroxylation sites is 1. The Kier molecular flexibility index (Phi) is 2.43. The Morgan fingerprint density at radius 1 is 0.900 bits per heavy atom. The van der Waals surface area contributed by atoms with Gasteiger partial charge in [0.1, 0.15) is 5.58 Å². The van der Waals surface area contributed by atoms with E-state index in [9.17, 15) is 0 Å². The Morgan fingerprint density at radius 3 is 2.50 bits per heavy atom. The van der Waals surface area contributed by atoms with Crippen LogP contribution in [0.4, 0.5) is 5.69 Å². The molecule has 0 amide bonds. The van der Waals surface area contributed by atoms with Gasteiger partial charge in [-0.2, -0.15) is 0 Å². The highest BCUT2D eigenvalue weighted by Gasteiger charge is 2.10. The largest absolute Gasteiger partial charge is 0.454 e. The van der Waals surface area contributed by atoms with E-state index < -0.39 is 0 Å². The summed E-state index contributed by atoms with van der Waals surface area (Å²) in [5.74, 6) is 0. The van der Waals surface area contributed by atoms with Crippen LogP contribution in [0, 0.1) is 0 Å². The first-order chi connectivity index (χ1) is 9.86. The van der Waals surface area contributed by atoms with Crippen molar-refractivity contribution in [2.75, 3.05) is 11.9 Å². The molecule has 1 heterocycles. The number of hydrogen-bond donors (Lipinski definition) is 1. The number of benzene rings is 3. The summed E-state index contributed by atoms with van der Waals surface area (Å²) >= 11 is 0. The highest BCUT2D eigenvalue weighted by atomic mass is 16.3. The standard InChI is InChI=1S/C18H15NO/c1-2-19-16-9-5-8-14-15-10-12-6-3-4-7-13(12)11-17(15)20-18(14)16/h3-11,19H,2H2,1H3. The fourth-order valence-electron chi connectivity index (χ4n) is 2.81. The van der Waals surface area contributed by atoms with Gasteiger partial charge in [-0.25, -0.2) is 0 Å². The van der Waals surface area contributed by atoms with Crippen LogP contribution in [0.5, 0.6) is 0 Å². The molecule has 4 rings (SSSR count). The van der Waals surface area contributed by atoms with Gasteiger partial charge in [-0.15, -0.1) is 0 Å². The van der Waals surface area contributed by atoms with Crippen molar-refractivity contribution in [2.24, 2.45) is 0 Å². The van der Waals surface area contributed by atoms with Crippen molar-refractivity contribution in [3.8, 4) is 0 Å². The summed E-state index contributed by atoms with van der Waals surface area (Å²) < 4.78 is 6.08. The van der Waals surface area contributed by atoms with Gasteiger partial charge in [0.05, 0.1) is 5.69 Å². The minimum absolute atomic E-state index is 0.887. The number of anilines is 1. The molecule has 98 valence electrons. The minimum Gasteiger partial charge on any atom is -0.454 e. The van der Waals surface area contributed by atoms with Crippen LogP contribution in [-0.2, 0) is 0 Å². The smallest absolute Gasteiger partial charge is 0.158 e. The van der Waals surface area contributed by atoms with Gasteiger partial charge in [0.15, 0.2) is 5.58 Å². The third kappa shape index (κ3) is 1.58. The number of fused-ring (bicyclic) bond motifs is 4. The van der Waals surface area contributed by atoms with E-state index in [1.54, 1.807) is 0 Å². The molecule has 0 aliphatic heterocycles. The normalized spacial score (nSPS) is 11.4. The zero-order chi connectivity index (χ0) is 13.5. The summed E-state index contributed by atoms with van der Waals surface area (Å²) in [6.07, 6.45) is 0. The Labute approximate surface area is 117 Å². The van der Waals surface area contributed by atoms with Crippen molar-refractivity contribution >= 4 is 38.4 Å². The molecule has 0 aliphatic rings. The average molecular weight is 261 g/mol. The second-order valence-corrected chi connectivity index (χ2v) is 5.01. The predicted molar refractivity (Wildman–Crippen MR) is 85.4 cm³/mol. The van der Waals surface area contributed by atoms with Crippen LogP contribution in [0.15, 0.2) is 59.0 Å². The first kappa shape index (κ1) is 11.4. The van der Waals surface area contributed by atoms with Crippen LogP contribution in [0.3, 0.4) is 0 Å². The number of nitrogens with one attached hydrogen (secondary N) is 1. The average Bonchev–Trinajstić information content (AvgIpc) is 2.84. The van der Waals surface area contributed by atoms with Gasteiger partial charge < -0.3 is 9.73 Å². The summed E-state index contributed by atoms with van der Waals surface area (Å²) in [4.78, 5) is 0. The van der Waals surface area contributed by atoms with E-state index >= 15 is 0 Å². The first-order valence-electron chi connectivity index (χ1n) is 6.94. The number of rotatable bonds is 2. The first-order valence-corrected chi connectivity index (χ1v) is 6.94. The van der Waals surface area contributed by atoms with E-state index in [1.165, 1.54) is 21.5 Å². The molecule has 0 fully saturated rings. The molecule has 0 bridgehead atoms. The lowest BCUT2D eigenvalue weighted by Crippen LogP contribution is -1.95. The Bertz CT molecular complexity index is 921. The molecule has 0 aliphatic carbocycles. The lowest BCUT2D eigenvalue weighted by atomic mass is 10.1. The molecule has 2 nitrogen and oxygen atoms in total. The third-order valence-corrected chi connectivity index (χ3v) is 3.73. The minimum atomic E-state index is 0.887. The fraction of sp³-hybridized carbons (Fsp3) is 0.111. The van der Waals surface area contributed by atoms with Crippen molar-refractivity contribution in [1.82, 2.24) is 0 Å². The van der Waals surface area contributed by atoms with Crippen LogP contribution in [0.1, 0.15) is 6.92 Å². The van der Waals surface area contributed by atoms with Gasteiger partial charge in [-0.3, -0.25) is 0 Å². The molecule has 4 aromatic rings. The molecule has 0 saturated carbocycles. The molecule has 1 aromatic heterocycles. The maximum atomic E-state index is 6.08. The van der Waals surface area contributed by atoms with E-state index in [1.807, 2.05) is 0 Å². The van der Waals surface area contributed by atoms with Crippen LogP contribution in [-0.4, -0.2) is 6.54 Å². The van der Waals surface area contributed by atoms with Crippen molar-refractivity contribution in [3.63, 3.8) is 0 Å². The van der Waals surface area contributed by atoms with Crippen LogP contribution in [0.2, 0.25) is 0 Å². The molecule has 2 heteroatoms. The van der Waals surface area contributed by atoms with Crippen molar-refractivity contribution < 1.29 is 4.42 Å². The lowest BCUT2D eigenvalue weighted by molar-refractivity contribution is 0.670. The zero-order valence-electron chi connectivity index (χ0n) is 11.3. The van der Waals surface area contributed by atoms with Gasteiger partial charge in [-0.05, 0) is 35.9 Å². The van der Waals surface area contributed by atoms with Gasteiger partial charge in [0.25, 0.3) is 0 Å². The molecule has 3 aromatic carbocycles. The zero-order valence-corrected chi connectivity index (χ0v) is 11.3. The third-order valence-electron chi connectivity index (χ3n) is 3.73. The molecule has 0 spiro atoms. The summed E-state index contributed by atoms with van der Waals surface area (Å²) in [5.41, 5.74) is 2.95. The molecular formula is C18H15NO. The van der Waals surface area contributed by atoms with E-state index in [2.05, 4.69) is 66.8 Å². The van der Waals surface area contributed by atoms with Crippen molar-refractivity contribution in [1.29, 1.82) is 0 Å². The van der Waals surface area contributed by atoms with Crippen LogP contribution >= 0.6 is 0 Å². The predicted octanol–water partition coefficient (Wildman–Crippen LogP) is 5.17. The highest BCUT2D eigenvalue weighted by Crippen LogP contribution is 2.35.